The Kier molecular flexibility index (Phi) is 6.94. The Balaban J connectivity index is 1.66. The van der Waals surface area contributed by atoms with E-state index in [1.54, 1.807) is 42.5 Å². The molecule has 1 aliphatic heterocycles. The lowest BCUT2D eigenvalue weighted by atomic mass is 10.1. The molecule has 9 nitrogen and oxygen atoms in total. The molecule has 0 unspecified atom stereocenters. The van der Waals surface area contributed by atoms with Crippen LogP contribution >= 0.6 is 27.5 Å². The van der Waals surface area contributed by atoms with Gasteiger partial charge in [-0.2, -0.15) is 0 Å². The van der Waals surface area contributed by atoms with E-state index in [4.69, 9.17) is 16.3 Å². The number of nitrogens with one attached hydrogen (secondary N) is 1. The Morgan fingerprint density at radius 3 is 2.57 bits per heavy atom. The number of nitro groups is 1. The molecule has 4 rings (SSSR count). The number of non-ortho nitro benzene ring substituents is 1. The van der Waals surface area contributed by atoms with E-state index in [-0.39, 0.29) is 23.6 Å². The first-order valence-electron chi connectivity index (χ1n) is 10.1. The van der Waals surface area contributed by atoms with Crippen molar-refractivity contribution >= 4 is 62.8 Å². The molecular weight excluding hydrogens is 542 g/mol. The predicted octanol–water partition coefficient (Wildman–Crippen LogP) is 5.26. The third-order valence-corrected chi connectivity index (χ3v) is 5.68. The summed E-state index contributed by atoms with van der Waals surface area (Å²) in [6.07, 6.45) is 1.31. The summed E-state index contributed by atoms with van der Waals surface area (Å²) in [4.78, 5) is 49.4. The summed E-state index contributed by atoms with van der Waals surface area (Å²) in [6, 6.07) is 16.2. The molecule has 0 atom stereocenters. The minimum atomic E-state index is -0.893. The lowest BCUT2D eigenvalue weighted by molar-refractivity contribution is -0.384. The smallest absolute Gasteiger partial charge is 0.335 e. The van der Waals surface area contributed by atoms with Crippen molar-refractivity contribution in [3.8, 4) is 5.75 Å². The Morgan fingerprint density at radius 1 is 1.06 bits per heavy atom. The van der Waals surface area contributed by atoms with Crippen molar-refractivity contribution in [3.63, 3.8) is 0 Å². The van der Waals surface area contributed by atoms with Crippen molar-refractivity contribution in [1.29, 1.82) is 0 Å². The monoisotopic (exact) mass is 555 g/mol. The molecule has 176 valence electrons. The number of ether oxygens (including phenoxy) is 1. The second-order valence-corrected chi connectivity index (χ2v) is 8.69. The van der Waals surface area contributed by atoms with E-state index in [0.717, 1.165) is 4.90 Å². The number of rotatable bonds is 6. The van der Waals surface area contributed by atoms with Crippen molar-refractivity contribution in [2.75, 3.05) is 4.90 Å². The highest BCUT2D eigenvalue weighted by atomic mass is 79.9. The molecule has 0 spiro atoms. The Bertz CT molecular complexity index is 1410. The van der Waals surface area contributed by atoms with Crippen molar-refractivity contribution in [2.45, 2.75) is 6.61 Å². The van der Waals surface area contributed by atoms with Gasteiger partial charge in [-0.25, -0.2) is 9.69 Å². The number of carbonyl (C=O) groups excluding carboxylic acids is 3. The lowest BCUT2D eigenvalue weighted by Gasteiger charge is -2.26. The molecule has 0 bridgehead atoms. The van der Waals surface area contributed by atoms with Gasteiger partial charge in [-0.3, -0.25) is 25.0 Å². The largest absolute Gasteiger partial charge is 0.488 e. The van der Waals surface area contributed by atoms with Crippen LogP contribution in [0.5, 0.6) is 5.75 Å². The number of hydrogen-bond acceptors (Lipinski definition) is 6. The van der Waals surface area contributed by atoms with E-state index in [2.05, 4.69) is 21.2 Å². The standard InChI is InChI=1S/C24H15BrClN3O6/c25-16-7-8-21(35-13-14-3-1-6-19(9-14)29(33)34)15(10-16)11-20-22(30)27-24(32)28(23(20)31)18-5-2-4-17(26)12-18/h1-12H,13H2,(H,27,30,32)/b20-11+. The number of benzene rings is 3. The van der Waals surface area contributed by atoms with Crippen molar-refractivity contribution in [1.82, 2.24) is 5.32 Å². The summed E-state index contributed by atoms with van der Waals surface area (Å²) in [5.74, 6) is -1.37. The number of urea groups is 1. The van der Waals surface area contributed by atoms with Gasteiger partial charge in [0.2, 0.25) is 0 Å². The minimum Gasteiger partial charge on any atom is -0.488 e. The molecule has 1 aliphatic rings. The molecule has 1 saturated heterocycles. The average Bonchev–Trinajstić information content (AvgIpc) is 2.81. The van der Waals surface area contributed by atoms with Crippen LogP contribution in [0.3, 0.4) is 0 Å². The summed E-state index contributed by atoms with van der Waals surface area (Å²) >= 11 is 9.35. The van der Waals surface area contributed by atoms with E-state index in [1.165, 1.54) is 30.3 Å². The van der Waals surface area contributed by atoms with Gasteiger partial charge in [0.25, 0.3) is 17.5 Å². The molecule has 3 aromatic rings. The summed E-state index contributed by atoms with van der Waals surface area (Å²) in [7, 11) is 0. The molecule has 4 amide bonds. The number of anilines is 1. The van der Waals surface area contributed by atoms with Crippen LogP contribution in [0, 0.1) is 10.1 Å². The molecular formula is C24H15BrClN3O6. The van der Waals surface area contributed by atoms with Crippen molar-refractivity contribution in [3.05, 3.63) is 103 Å². The van der Waals surface area contributed by atoms with Gasteiger partial charge < -0.3 is 4.74 Å². The molecule has 0 aliphatic carbocycles. The van der Waals surface area contributed by atoms with Crippen LogP contribution in [0.15, 0.2) is 76.8 Å². The number of hydrogen-bond donors (Lipinski definition) is 1. The summed E-state index contributed by atoms with van der Waals surface area (Å²) < 4.78 is 6.50. The van der Waals surface area contributed by atoms with Crippen LogP contribution in [0.2, 0.25) is 5.02 Å². The van der Waals surface area contributed by atoms with E-state index >= 15 is 0 Å². The first-order chi connectivity index (χ1) is 16.7. The summed E-state index contributed by atoms with van der Waals surface area (Å²) in [5, 5.41) is 13.5. The Morgan fingerprint density at radius 2 is 1.83 bits per heavy atom. The van der Waals surface area contributed by atoms with Gasteiger partial charge in [0, 0.05) is 27.2 Å². The van der Waals surface area contributed by atoms with Crippen LogP contribution in [0.25, 0.3) is 6.08 Å². The predicted molar refractivity (Wildman–Crippen MR) is 132 cm³/mol. The molecule has 35 heavy (non-hydrogen) atoms. The molecule has 1 N–H and O–H groups in total. The molecule has 1 heterocycles. The zero-order valence-corrected chi connectivity index (χ0v) is 20.1. The van der Waals surface area contributed by atoms with Gasteiger partial charge in [0.15, 0.2) is 0 Å². The number of nitro benzene ring substituents is 1. The van der Waals surface area contributed by atoms with Crippen LogP contribution in [0.4, 0.5) is 16.2 Å². The minimum absolute atomic E-state index is 0.00670. The topological polar surface area (TPSA) is 119 Å². The molecule has 3 aromatic carbocycles. The third kappa shape index (κ3) is 5.39. The fourth-order valence-electron chi connectivity index (χ4n) is 3.35. The number of carbonyl (C=O) groups is 3. The second-order valence-electron chi connectivity index (χ2n) is 7.34. The fourth-order valence-corrected chi connectivity index (χ4v) is 3.91. The highest BCUT2D eigenvalue weighted by Crippen LogP contribution is 2.29. The molecule has 0 radical (unpaired) electrons. The van der Waals surface area contributed by atoms with Crippen molar-refractivity contribution in [2.24, 2.45) is 0 Å². The van der Waals surface area contributed by atoms with Crippen molar-refractivity contribution < 1.29 is 24.0 Å². The van der Waals surface area contributed by atoms with Gasteiger partial charge in [0.1, 0.15) is 17.9 Å². The van der Waals surface area contributed by atoms with Crippen LogP contribution in [-0.2, 0) is 16.2 Å². The zero-order chi connectivity index (χ0) is 25.1. The van der Waals surface area contributed by atoms with Gasteiger partial charge in [-0.05, 0) is 48.0 Å². The molecule has 0 saturated carbocycles. The van der Waals surface area contributed by atoms with Gasteiger partial charge in [-0.1, -0.05) is 45.7 Å². The van der Waals surface area contributed by atoms with Crippen LogP contribution in [0.1, 0.15) is 11.1 Å². The Hall–Kier alpha value is -4.02. The summed E-state index contributed by atoms with van der Waals surface area (Å²) in [6.45, 7) is 0.00670. The van der Waals surface area contributed by atoms with E-state index in [9.17, 15) is 24.5 Å². The average molecular weight is 557 g/mol. The fraction of sp³-hybridized carbons (Fsp3) is 0.0417. The zero-order valence-electron chi connectivity index (χ0n) is 17.7. The van der Waals surface area contributed by atoms with Crippen LogP contribution < -0.4 is 15.0 Å². The lowest BCUT2D eigenvalue weighted by Crippen LogP contribution is -2.54. The van der Waals surface area contributed by atoms with Gasteiger partial charge in [0.05, 0.1) is 10.6 Å². The van der Waals surface area contributed by atoms with Crippen LogP contribution in [-0.4, -0.2) is 22.8 Å². The van der Waals surface area contributed by atoms with E-state index in [0.29, 0.717) is 26.4 Å². The number of barbiturate groups is 1. The number of amides is 4. The van der Waals surface area contributed by atoms with E-state index in [1.807, 2.05) is 0 Å². The van der Waals surface area contributed by atoms with Gasteiger partial charge >= 0.3 is 6.03 Å². The molecule has 1 fully saturated rings. The molecule has 11 heteroatoms. The third-order valence-electron chi connectivity index (χ3n) is 4.96. The number of imide groups is 2. The maximum Gasteiger partial charge on any atom is 0.335 e. The number of nitrogens with zero attached hydrogens (tertiary/aromatic N) is 2. The maximum atomic E-state index is 13.2. The first-order valence-corrected chi connectivity index (χ1v) is 11.2. The normalized spacial score (nSPS) is 14.7. The summed E-state index contributed by atoms with van der Waals surface area (Å²) in [5.41, 5.74) is 0.783. The maximum absolute atomic E-state index is 13.2. The van der Waals surface area contributed by atoms with Gasteiger partial charge in [-0.15, -0.1) is 0 Å². The first kappa shape index (κ1) is 24.1. The highest BCUT2D eigenvalue weighted by molar-refractivity contribution is 9.10. The Labute approximate surface area is 212 Å². The highest BCUT2D eigenvalue weighted by Gasteiger charge is 2.37. The second kappa shape index (κ2) is 10.1. The number of halogens is 2. The van der Waals surface area contributed by atoms with E-state index < -0.39 is 22.8 Å². The SMILES string of the molecule is O=C1NC(=O)N(c2cccc(Cl)c2)C(=O)/C1=C/c1cc(Br)ccc1OCc1cccc([N+](=O)[O-])c1. The molecule has 0 aromatic heterocycles. The quantitative estimate of drug-likeness (QED) is 0.192.